The Labute approximate surface area is 264 Å². The Kier molecular flexibility index (Phi) is 12.5. The maximum absolute atomic E-state index is 14.2. The highest BCUT2D eigenvalue weighted by atomic mass is 19.1. The molecule has 1 unspecified atom stereocenters. The van der Waals surface area contributed by atoms with E-state index in [0.717, 1.165) is 36.6 Å². The number of carbonyl (C=O) groups is 2. The van der Waals surface area contributed by atoms with E-state index in [1.54, 1.807) is 25.0 Å². The summed E-state index contributed by atoms with van der Waals surface area (Å²) in [7, 11) is 1.60. The van der Waals surface area contributed by atoms with Crippen LogP contribution in [0.3, 0.4) is 0 Å². The quantitative estimate of drug-likeness (QED) is 0.205. The van der Waals surface area contributed by atoms with Crippen LogP contribution in [0.4, 0.5) is 8.78 Å². The zero-order chi connectivity index (χ0) is 32.5. The summed E-state index contributed by atoms with van der Waals surface area (Å²) in [5.74, 6) is -1.66. The first-order valence-corrected chi connectivity index (χ1v) is 15.9. The lowest BCUT2D eigenvalue weighted by Crippen LogP contribution is -2.50. The maximum Gasteiger partial charge on any atom is 0.328 e. The average molecular weight is 629 g/mol. The summed E-state index contributed by atoms with van der Waals surface area (Å²) in [6, 6.07) is 9.34. The van der Waals surface area contributed by atoms with Crippen molar-refractivity contribution >= 4 is 11.9 Å². The van der Waals surface area contributed by atoms with Crippen LogP contribution in [-0.4, -0.2) is 84.0 Å². The van der Waals surface area contributed by atoms with Crippen LogP contribution in [0.1, 0.15) is 57.1 Å². The zero-order valence-corrected chi connectivity index (χ0v) is 26.5. The molecule has 1 amide bonds. The van der Waals surface area contributed by atoms with Gasteiger partial charge in [0.05, 0.1) is 19.8 Å². The van der Waals surface area contributed by atoms with Crippen LogP contribution in [0.15, 0.2) is 55.1 Å². The third-order valence-electron chi connectivity index (χ3n) is 8.87. The van der Waals surface area contributed by atoms with Crippen molar-refractivity contribution in [2.24, 2.45) is 5.92 Å². The second-order valence-corrected chi connectivity index (χ2v) is 12.1. The van der Waals surface area contributed by atoms with Crippen molar-refractivity contribution in [1.29, 1.82) is 0 Å². The van der Waals surface area contributed by atoms with Gasteiger partial charge < -0.3 is 24.2 Å². The molecule has 45 heavy (non-hydrogen) atoms. The highest BCUT2D eigenvalue weighted by molar-refractivity contribution is 5.87. The molecule has 4 rings (SSSR count). The molecule has 1 N–H and O–H groups in total. The molecule has 0 radical (unpaired) electrons. The number of carbonyl (C=O) groups excluding carboxylic acids is 2. The van der Waals surface area contributed by atoms with Gasteiger partial charge in [0.15, 0.2) is 0 Å². The van der Waals surface area contributed by atoms with Gasteiger partial charge in [-0.25, -0.2) is 13.6 Å². The Morgan fingerprint density at radius 3 is 2.51 bits per heavy atom. The number of halogens is 2. The predicted octanol–water partition coefficient (Wildman–Crippen LogP) is 5.06. The molecular formula is C35H46F2N2O6. The summed E-state index contributed by atoms with van der Waals surface area (Å²) in [5, 5.41) is 11.9. The molecule has 246 valence electrons. The molecule has 0 saturated carbocycles. The smallest absolute Gasteiger partial charge is 0.328 e. The van der Waals surface area contributed by atoms with E-state index in [1.807, 2.05) is 24.3 Å². The summed E-state index contributed by atoms with van der Waals surface area (Å²) in [4.78, 5) is 30.2. The number of likely N-dealkylation sites (tertiary alicyclic amines) is 2. The largest absolute Gasteiger partial charge is 0.497 e. The van der Waals surface area contributed by atoms with E-state index in [4.69, 9.17) is 14.2 Å². The fourth-order valence-corrected chi connectivity index (χ4v) is 6.40. The Balaban J connectivity index is 1.56. The van der Waals surface area contributed by atoms with Gasteiger partial charge in [-0.15, -0.1) is 6.58 Å². The first kappa shape index (κ1) is 34.5. The molecule has 2 aromatic rings. The molecule has 0 spiro atoms. The van der Waals surface area contributed by atoms with Crippen LogP contribution in [0.2, 0.25) is 0 Å². The van der Waals surface area contributed by atoms with Gasteiger partial charge in [-0.2, -0.15) is 0 Å². The van der Waals surface area contributed by atoms with Gasteiger partial charge in [0, 0.05) is 44.1 Å². The van der Waals surface area contributed by atoms with E-state index in [9.17, 15) is 23.5 Å². The standard InChI is InChI=1S/C35H46F2N2O6/c1-5-7-8-26-13-14-39(34(26)41)23(3)35(42)45-32(18-25-16-27(36)19-28(37)17-25)33(40)31-20-30(44-15-6-2)22-38(31)21-24-9-11-29(43-4)12-10-24/h6,9-12,16-17,19,23,26,30-33,40H,2,5,7-8,13-15,18,20-22H2,1,3-4H3/t23?,26-,30+,31+,32-,33-/m0/s1. The number of unbranched alkanes of at least 4 members (excludes halogenated alkanes) is 1. The lowest BCUT2D eigenvalue weighted by Gasteiger charge is -2.34. The van der Waals surface area contributed by atoms with Crippen molar-refractivity contribution in [2.45, 2.75) is 89.3 Å². The van der Waals surface area contributed by atoms with Gasteiger partial charge in [-0.1, -0.05) is 38.0 Å². The Morgan fingerprint density at radius 1 is 1.16 bits per heavy atom. The van der Waals surface area contributed by atoms with Gasteiger partial charge in [0.25, 0.3) is 0 Å². The van der Waals surface area contributed by atoms with Crippen LogP contribution in [0.5, 0.6) is 5.75 Å². The van der Waals surface area contributed by atoms with E-state index >= 15 is 0 Å². The minimum absolute atomic E-state index is 0.0686. The number of ether oxygens (including phenoxy) is 3. The van der Waals surface area contributed by atoms with E-state index in [1.165, 1.54) is 12.1 Å². The number of amides is 1. The van der Waals surface area contributed by atoms with Gasteiger partial charge in [-0.3, -0.25) is 9.69 Å². The van der Waals surface area contributed by atoms with Crippen LogP contribution in [0.25, 0.3) is 0 Å². The molecule has 2 aromatic carbocycles. The average Bonchev–Trinajstić information content (AvgIpc) is 3.60. The Hall–Kier alpha value is -3.34. The summed E-state index contributed by atoms with van der Waals surface area (Å²) in [6.07, 6.45) is 2.78. The topological polar surface area (TPSA) is 88.5 Å². The molecule has 0 aliphatic carbocycles. The number of hydrogen-bond acceptors (Lipinski definition) is 7. The van der Waals surface area contributed by atoms with Crippen molar-refractivity contribution in [3.8, 4) is 5.75 Å². The van der Waals surface area contributed by atoms with Crippen molar-refractivity contribution in [1.82, 2.24) is 9.80 Å². The lowest BCUT2D eigenvalue weighted by atomic mass is 9.96. The highest BCUT2D eigenvalue weighted by Crippen LogP contribution is 2.30. The number of aliphatic hydroxyl groups excluding tert-OH is 1. The predicted molar refractivity (Wildman–Crippen MR) is 167 cm³/mol. The number of hydrogen-bond donors (Lipinski definition) is 1. The second-order valence-electron chi connectivity index (χ2n) is 12.1. The third-order valence-corrected chi connectivity index (χ3v) is 8.87. The van der Waals surface area contributed by atoms with Gasteiger partial charge in [-0.05, 0) is 61.6 Å². The minimum Gasteiger partial charge on any atom is -0.497 e. The molecule has 8 nitrogen and oxygen atoms in total. The van der Waals surface area contributed by atoms with E-state index in [-0.39, 0.29) is 29.9 Å². The summed E-state index contributed by atoms with van der Waals surface area (Å²) < 4.78 is 45.6. The summed E-state index contributed by atoms with van der Waals surface area (Å²) >= 11 is 0. The first-order valence-electron chi connectivity index (χ1n) is 15.9. The van der Waals surface area contributed by atoms with Crippen LogP contribution in [0, 0.1) is 17.6 Å². The molecule has 6 atom stereocenters. The van der Waals surface area contributed by atoms with Gasteiger partial charge >= 0.3 is 5.97 Å². The molecule has 2 aliphatic heterocycles. The van der Waals surface area contributed by atoms with E-state index in [0.29, 0.717) is 39.1 Å². The van der Waals surface area contributed by atoms with Gasteiger partial charge in [0.1, 0.15) is 35.6 Å². The van der Waals surface area contributed by atoms with Crippen LogP contribution < -0.4 is 4.74 Å². The molecule has 2 heterocycles. The van der Waals surface area contributed by atoms with Crippen molar-refractivity contribution in [3.05, 3.63) is 77.9 Å². The minimum atomic E-state index is -1.23. The van der Waals surface area contributed by atoms with Gasteiger partial charge in [0.2, 0.25) is 5.91 Å². The molecule has 0 bridgehead atoms. The molecule has 0 aromatic heterocycles. The zero-order valence-electron chi connectivity index (χ0n) is 26.5. The van der Waals surface area contributed by atoms with Crippen molar-refractivity contribution < 1.29 is 37.7 Å². The number of methoxy groups -OCH3 is 1. The molecular weight excluding hydrogens is 582 g/mol. The monoisotopic (exact) mass is 628 g/mol. The normalized spacial score (nSPS) is 22.3. The highest BCUT2D eigenvalue weighted by Gasteiger charge is 2.43. The Morgan fingerprint density at radius 2 is 1.87 bits per heavy atom. The number of benzene rings is 2. The Bertz CT molecular complexity index is 1270. The molecule has 10 heteroatoms. The number of nitrogens with zero attached hydrogens (tertiary/aromatic N) is 2. The lowest BCUT2D eigenvalue weighted by molar-refractivity contribution is -0.165. The fraction of sp³-hybridized carbons (Fsp3) is 0.543. The van der Waals surface area contributed by atoms with E-state index < -0.39 is 41.9 Å². The molecule has 2 aliphatic rings. The fourth-order valence-electron chi connectivity index (χ4n) is 6.40. The summed E-state index contributed by atoms with van der Waals surface area (Å²) in [6.45, 7) is 9.20. The third kappa shape index (κ3) is 9.11. The SMILES string of the molecule is C=CCO[C@@H]1C[C@H]([C@H](O)[C@H](Cc2cc(F)cc(F)c2)OC(=O)C(C)N2CC[C@H](CCCC)C2=O)N(Cc2ccc(OC)cc2)C1. The molecule has 2 fully saturated rings. The second kappa shape index (κ2) is 16.3. The summed E-state index contributed by atoms with van der Waals surface area (Å²) in [5.41, 5.74) is 1.23. The van der Waals surface area contributed by atoms with Crippen molar-refractivity contribution in [3.63, 3.8) is 0 Å². The maximum atomic E-state index is 14.2. The first-order chi connectivity index (χ1) is 21.6. The van der Waals surface area contributed by atoms with Crippen molar-refractivity contribution in [2.75, 3.05) is 26.8 Å². The molecule has 2 saturated heterocycles. The van der Waals surface area contributed by atoms with E-state index in [2.05, 4.69) is 18.4 Å². The number of esters is 1. The number of aliphatic hydroxyl groups is 1. The van der Waals surface area contributed by atoms with Crippen LogP contribution in [-0.2, 0) is 32.0 Å². The van der Waals surface area contributed by atoms with Crippen LogP contribution >= 0.6 is 0 Å². The number of rotatable bonds is 16.